The van der Waals surface area contributed by atoms with Crippen LogP contribution in [0.4, 0.5) is 93.5 Å². The lowest BCUT2D eigenvalue weighted by Gasteiger charge is -2.44. The Morgan fingerprint density at radius 2 is 0.482 bits per heavy atom. The molecular formula is C34H15BF20N-. The molecule has 0 aromatic heterocycles. The Hall–Kier alpha value is -5.44. The Morgan fingerprint density at radius 1 is 0.304 bits per heavy atom. The highest BCUT2D eigenvalue weighted by molar-refractivity contribution is 7.20. The van der Waals surface area contributed by atoms with Gasteiger partial charge in [0.1, 0.15) is 52.7 Å². The summed E-state index contributed by atoms with van der Waals surface area (Å²) in [5, 5.41) is 0. The molecule has 0 saturated heterocycles. The number of hydrogen-bond acceptors (Lipinski definition) is 1. The Balaban J connectivity index is 0.000000544. The van der Waals surface area contributed by atoms with E-state index < -0.39 is 144 Å². The summed E-state index contributed by atoms with van der Waals surface area (Å²) in [6.45, 7) is 6.52. The third-order valence-electron chi connectivity index (χ3n) is 8.59. The number of rotatable bonds is 7. The first kappa shape index (κ1) is 43.3. The van der Waals surface area contributed by atoms with E-state index >= 15 is 35.1 Å². The molecule has 0 unspecified atom stereocenters. The van der Waals surface area contributed by atoms with Gasteiger partial charge in [0.25, 0.3) is 0 Å². The molecule has 0 N–H and O–H groups in total. The van der Waals surface area contributed by atoms with Gasteiger partial charge in [0.2, 0.25) is 0 Å². The molecule has 22 heteroatoms. The average Bonchev–Trinajstić information content (AvgIpc) is 3.18. The minimum atomic E-state index is -7.22. The van der Waals surface area contributed by atoms with Crippen LogP contribution in [0.3, 0.4) is 0 Å². The van der Waals surface area contributed by atoms with Crippen molar-refractivity contribution in [3.63, 3.8) is 0 Å². The van der Waals surface area contributed by atoms with Crippen molar-refractivity contribution in [2.75, 3.05) is 18.0 Å². The molecule has 1 nitrogen and oxygen atoms in total. The maximum atomic E-state index is 15.4. The van der Waals surface area contributed by atoms with Crippen LogP contribution in [-0.2, 0) is 0 Å². The molecule has 0 fully saturated rings. The zero-order valence-corrected chi connectivity index (χ0v) is 27.4. The van der Waals surface area contributed by atoms with E-state index in [4.69, 9.17) is 0 Å². The molecule has 300 valence electrons. The first-order chi connectivity index (χ1) is 26.1. The van der Waals surface area contributed by atoms with E-state index in [0.29, 0.717) is 0 Å². The summed E-state index contributed by atoms with van der Waals surface area (Å²) >= 11 is 0. The fourth-order valence-corrected chi connectivity index (χ4v) is 6.10. The third kappa shape index (κ3) is 6.45. The molecule has 0 heterocycles. The molecule has 5 rings (SSSR count). The topological polar surface area (TPSA) is 3.24 Å². The Kier molecular flexibility index (Phi) is 12.3. The molecular weight excluding hydrogens is 813 g/mol. The van der Waals surface area contributed by atoms with Gasteiger partial charge in [0.05, 0.1) is 0 Å². The number of para-hydroxylation sites is 1. The predicted octanol–water partition coefficient (Wildman–Crippen LogP) is 8.38. The van der Waals surface area contributed by atoms with Gasteiger partial charge in [-0.3, -0.25) is 0 Å². The highest BCUT2D eigenvalue weighted by Crippen LogP contribution is 2.30. The molecule has 0 radical (unpaired) electrons. The van der Waals surface area contributed by atoms with Crippen molar-refractivity contribution >= 4 is 33.7 Å². The summed E-state index contributed by atoms with van der Waals surface area (Å²) in [4.78, 5) is 2.33. The molecule has 0 aliphatic carbocycles. The fraction of sp³-hybridized carbons (Fsp3) is 0.118. The molecule has 56 heavy (non-hydrogen) atoms. The fourth-order valence-electron chi connectivity index (χ4n) is 6.10. The van der Waals surface area contributed by atoms with Crippen molar-refractivity contribution in [1.82, 2.24) is 0 Å². The molecule has 0 aliphatic heterocycles. The van der Waals surface area contributed by atoms with Crippen LogP contribution in [0, 0.1) is 116 Å². The van der Waals surface area contributed by atoms with Crippen molar-refractivity contribution < 1.29 is 87.8 Å². The SMILES string of the molecule is CCN(CC)c1ccccc1.Fc1c(F)c(F)c([B-](c2c(F)c(F)c(F)c(F)c2F)(c2c(F)c(F)c(F)c(F)c2F)c2c(F)c(F)c(F)c(F)c2F)c(F)c1F. The van der Waals surface area contributed by atoms with Crippen LogP contribution in [0.2, 0.25) is 0 Å². The summed E-state index contributed by atoms with van der Waals surface area (Å²) in [5.41, 5.74) is -13.0. The minimum absolute atomic E-state index is 1.08. The van der Waals surface area contributed by atoms with E-state index in [2.05, 4.69) is 43.0 Å². The second-order valence-corrected chi connectivity index (χ2v) is 11.3. The maximum Gasteiger partial charge on any atom is 0.200 e. The van der Waals surface area contributed by atoms with Gasteiger partial charge in [-0.1, -0.05) is 18.2 Å². The van der Waals surface area contributed by atoms with Crippen LogP contribution >= 0.6 is 0 Å². The van der Waals surface area contributed by atoms with Crippen LogP contribution in [0.5, 0.6) is 0 Å². The number of hydrogen-bond donors (Lipinski definition) is 0. The van der Waals surface area contributed by atoms with Gasteiger partial charge in [-0.05, 0) is 26.0 Å². The van der Waals surface area contributed by atoms with Crippen LogP contribution < -0.4 is 26.8 Å². The van der Waals surface area contributed by atoms with Gasteiger partial charge in [0.15, 0.2) is 69.8 Å². The molecule has 0 atom stereocenters. The Labute approximate surface area is 300 Å². The van der Waals surface area contributed by atoms with Gasteiger partial charge in [0, 0.05) is 18.8 Å². The van der Waals surface area contributed by atoms with Crippen molar-refractivity contribution in [1.29, 1.82) is 0 Å². The van der Waals surface area contributed by atoms with Gasteiger partial charge in [-0.25, -0.2) is 87.8 Å². The van der Waals surface area contributed by atoms with Crippen LogP contribution in [0.15, 0.2) is 30.3 Å². The molecule has 0 aliphatic rings. The Morgan fingerprint density at radius 3 is 0.661 bits per heavy atom. The molecule has 5 aromatic carbocycles. The first-order valence-corrected chi connectivity index (χ1v) is 15.1. The summed E-state index contributed by atoms with van der Waals surface area (Å²) < 4.78 is 294. The van der Waals surface area contributed by atoms with Crippen molar-refractivity contribution in [2.45, 2.75) is 13.8 Å². The lowest BCUT2D eigenvalue weighted by atomic mass is 9.12. The largest absolute Gasteiger partial charge is 0.372 e. The first-order valence-electron chi connectivity index (χ1n) is 15.1. The molecule has 0 bridgehead atoms. The number of anilines is 1. The average molecular weight is 828 g/mol. The Bertz CT molecular complexity index is 1960. The highest BCUT2D eigenvalue weighted by Gasteiger charge is 2.52. The van der Waals surface area contributed by atoms with E-state index in [-0.39, 0.29) is 0 Å². The maximum absolute atomic E-state index is 15.4. The van der Waals surface area contributed by atoms with Gasteiger partial charge >= 0.3 is 0 Å². The monoisotopic (exact) mass is 828 g/mol. The summed E-state index contributed by atoms with van der Waals surface area (Å²) in [5.74, 6) is -71.4. The van der Waals surface area contributed by atoms with Crippen molar-refractivity contribution in [3.05, 3.63) is 147 Å². The molecule has 0 amide bonds. The van der Waals surface area contributed by atoms with E-state index in [1.165, 1.54) is 5.69 Å². The number of halogens is 20. The van der Waals surface area contributed by atoms with Gasteiger partial charge in [-0.2, -0.15) is 0 Å². The lowest BCUT2D eigenvalue weighted by molar-refractivity contribution is 0.378. The standard InChI is InChI=1S/C24BF20.C10H15N/c26-5-1(6(27)14(35)21(42)13(5)34)25(2-7(28)15(36)22(43)16(37)8(2)29,3-9(30)17(38)23(44)18(39)10(3)31)4-11(32)19(40)24(45)20(41)12(4)33;1-3-11(4-2)10-8-6-5-7-9-10/h;5-9H,3-4H2,1-2H3/q-1;. The lowest BCUT2D eigenvalue weighted by Crippen LogP contribution is -2.81. The predicted molar refractivity (Wildman–Crippen MR) is 159 cm³/mol. The smallest absolute Gasteiger partial charge is 0.200 e. The minimum Gasteiger partial charge on any atom is -0.372 e. The van der Waals surface area contributed by atoms with Crippen molar-refractivity contribution in [2.24, 2.45) is 0 Å². The van der Waals surface area contributed by atoms with E-state index in [0.717, 1.165) is 13.1 Å². The van der Waals surface area contributed by atoms with Crippen LogP contribution in [-0.4, -0.2) is 19.2 Å². The van der Waals surface area contributed by atoms with E-state index in [1.807, 2.05) is 6.07 Å². The highest BCUT2D eigenvalue weighted by atomic mass is 19.2. The van der Waals surface area contributed by atoms with E-state index in [1.54, 1.807) is 0 Å². The molecule has 0 saturated carbocycles. The van der Waals surface area contributed by atoms with Gasteiger partial charge in [-0.15, -0.1) is 21.9 Å². The van der Waals surface area contributed by atoms with Crippen molar-refractivity contribution in [3.8, 4) is 0 Å². The van der Waals surface area contributed by atoms with Crippen LogP contribution in [0.25, 0.3) is 0 Å². The van der Waals surface area contributed by atoms with E-state index in [9.17, 15) is 52.7 Å². The van der Waals surface area contributed by atoms with Gasteiger partial charge < -0.3 is 4.90 Å². The summed E-state index contributed by atoms with van der Waals surface area (Å²) in [7, 11) is 0. The third-order valence-corrected chi connectivity index (χ3v) is 8.59. The summed E-state index contributed by atoms with van der Waals surface area (Å²) in [6.07, 6.45) is -7.22. The number of nitrogens with zero attached hydrogens (tertiary/aromatic N) is 1. The molecule has 5 aromatic rings. The van der Waals surface area contributed by atoms with Crippen LogP contribution in [0.1, 0.15) is 13.8 Å². The zero-order valence-electron chi connectivity index (χ0n) is 27.4. The summed E-state index contributed by atoms with van der Waals surface area (Å²) in [6, 6.07) is 10.5. The number of benzene rings is 5. The zero-order chi connectivity index (χ0) is 42.5. The second-order valence-electron chi connectivity index (χ2n) is 11.3. The normalized spacial score (nSPS) is 11.5. The second kappa shape index (κ2) is 16.0. The molecule has 0 spiro atoms. The quantitative estimate of drug-likeness (QED) is 0.0691.